The van der Waals surface area contributed by atoms with Crippen LogP contribution in [0.1, 0.15) is 30.9 Å². The second-order valence-corrected chi connectivity index (χ2v) is 5.21. The number of hydrogen-bond acceptors (Lipinski definition) is 2. The van der Waals surface area contributed by atoms with E-state index in [9.17, 15) is 0 Å². The first kappa shape index (κ1) is 10.3. The van der Waals surface area contributed by atoms with E-state index >= 15 is 0 Å². The molecule has 2 aliphatic rings. The molecule has 0 aromatic heterocycles. The minimum Gasteiger partial charge on any atom is -0.313 e. The molecule has 1 saturated heterocycles. The lowest BCUT2D eigenvalue weighted by molar-refractivity contribution is 0.154. The van der Waals surface area contributed by atoms with Gasteiger partial charge in [-0.3, -0.25) is 4.90 Å². The molecular formula is C14H20N2. The molecule has 16 heavy (non-hydrogen) atoms. The average Bonchev–Trinajstić information content (AvgIpc) is 2.73. The van der Waals surface area contributed by atoms with Crippen LogP contribution in [0.4, 0.5) is 0 Å². The summed E-state index contributed by atoms with van der Waals surface area (Å²) in [5.41, 5.74) is 3.06. The molecule has 2 nitrogen and oxygen atoms in total. The molecule has 2 heteroatoms. The fourth-order valence-electron chi connectivity index (χ4n) is 2.91. The van der Waals surface area contributed by atoms with E-state index < -0.39 is 0 Å². The van der Waals surface area contributed by atoms with Gasteiger partial charge in [0.05, 0.1) is 0 Å². The van der Waals surface area contributed by atoms with Crippen LogP contribution in [0.5, 0.6) is 0 Å². The lowest BCUT2D eigenvalue weighted by Crippen LogP contribution is -2.47. The third-order valence-electron chi connectivity index (χ3n) is 4.02. The zero-order valence-electron chi connectivity index (χ0n) is 9.95. The summed E-state index contributed by atoms with van der Waals surface area (Å²) in [7, 11) is 0. The minimum absolute atomic E-state index is 0.709. The number of nitrogens with one attached hydrogen (secondary N) is 1. The van der Waals surface area contributed by atoms with Gasteiger partial charge < -0.3 is 5.32 Å². The van der Waals surface area contributed by atoms with Gasteiger partial charge in [-0.25, -0.2) is 0 Å². The molecule has 0 spiro atoms. The van der Waals surface area contributed by atoms with Crippen LogP contribution in [0.2, 0.25) is 0 Å². The van der Waals surface area contributed by atoms with E-state index in [0.29, 0.717) is 6.04 Å². The summed E-state index contributed by atoms with van der Waals surface area (Å²) in [4.78, 5) is 2.63. The summed E-state index contributed by atoms with van der Waals surface area (Å²) in [5.74, 6) is 0. The van der Waals surface area contributed by atoms with Gasteiger partial charge in [-0.1, -0.05) is 24.3 Å². The Kier molecular flexibility index (Phi) is 2.70. The largest absolute Gasteiger partial charge is 0.313 e. The fraction of sp³-hybridized carbons (Fsp3) is 0.571. The number of rotatable bonds is 1. The van der Waals surface area contributed by atoms with Gasteiger partial charge >= 0.3 is 0 Å². The lowest BCUT2D eigenvalue weighted by Gasteiger charge is -2.34. The predicted molar refractivity (Wildman–Crippen MR) is 66.2 cm³/mol. The zero-order chi connectivity index (χ0) is 11.0. The van der Waals surface area contributed by atoms with Crippen LogP contribution in [0.3, 0.4) is 0 Å². The van der Waals surface area contributed by atoms with Crippen LogP contribution in [0.25, 0.3) is 0 Å². The van der Waals surface area contributed by atoms with Crippen molar-refractivity contribution < 1.29 is 0 Å². The average molecular weight is 216 g/mol. The summed E-state index contributed by atoms with van der Waals surface area (Å²) >= 11 is 0. The highest BCUT2D eigenvalue weighted by molar-refractivity contribution is 5.30. The number of hydrogen-bond donors (Lipinski definition) is 1. The molecule has 1 aromatic rings. The van der Waals surface area contributed by atoms with Gasteiger partial charge in [0, 0.05) is 31.7 Å². The summed E-state index contributed by atoms with van der Waals surface area (Å²) < 4.78 is 0. The smallest absolute Gasteiger partial charge is 0.0244 e. The van der Waals surface area contributed by atoms with Crippen LogP contribution in [-0.2, 0) is 13.1 Å². The van der Waals surface area contributed by atoms with E-state index in [4.69, 9.17) is 0 Å². The van der Waals surface area contributed by atoms with Crippen molar-refractivity contribution in [2.45, 2.75) is 44.9 Å². The minimum atomic E-state index is 0.709. The van der Waals surface area contributed by atoms with Crippen molar-refractivity contribution in [2.24, 2.45) is 0 Å². The number of nitrogens with zero attached hydrogens (tertiary/aromatic N) is 1. The van der Waals surface area contributed by atoms with Gasteiger partial charge in [0.1, 0.15) is 0 Å². The Labute approximate surface area is 97.6 Å². The van der Waals surface area contributed by atoms with Crippen molar-refractivity contribution in [3.8, 4) is 0 Å². The zero-order valence-corrected chi connectivity index (χ0v) is 9.95. The summed E-state index contributed by atoms with van der Waals surface area (Å²) in [5, 5.41) is 3.59. The van der Waals surface area contributed by atoms with E-state index in [1.54, 1.807) is 0 Å². The Balaban J connectivity index is 1.67. The standard InChI is InChI=1S/C14H20N2/c1-11-6-7-14(8-15-11)16-9-12-4-2-3-5-13(12)10-16/h2-5,11,14-15H,6-10H2,1H3. The molecule has 0 radical (unpaired) electrons. The molecule has 0 bridgehead atoms. The number of fused-ring (bicyclic) bond motifs is 1. The molecule has 1 fully saturated rings. The third-order valence-corrected chi connectivity index (χ3v) is 4.02. The molecule has 2 atom stereocenters. The SMILES string of the molecule is CC1CCC(N2Cc3ccccc3C2)CN1. The van der Waals surface area contributed by atoms with E-state index in [2.05, 4.69) is 41.4 Å². The first-order valence-corrected chi connectivity index (χ1v) is 6.37. The van der Waals surface area contributed by atoms with Gasteiger partial charge in [-0.05, 0) is 30.9 Å². The Bertz CT molecular complexity index is 342. The molecule has 2 aliphatic heterocycles. The highest BCUT2D eigenvalue weighted by Crippen LogP contribution is 2.26. The highest BCUT2D eigenvalue weighted by Gasteiger charge is 2.27. The van der Waals surface area contributed by atoms with Crippen molar-refractivity contribution >= 4 is 0 Å². The summed E-state index contributed by atoms with van der Waals surface area (Å²) in [6.07, 6.45) is 2.67. The Morgan fingerprint density at radius 3 is 2.38 bits per heavy atom. The monoisotopic (exact) mass is 216 g/mol. The molecule has 1 N–H and O–H groups in total. The van der Waals surface area contributed by atoms with Gasteiger partial charge in [0.2, 0.25) is 0 Å². The normalized spacial score (nSPS) is 30.3. The molecule has 86 valence electrons. The quantitative estimate of drug-likeness (QED) is 0.773. The molecular weight excluding hydrogens is 196 g/mol. The van der Waals surface area contributed by atoms with Crippen LogP contribution in [0, 0.1) is 0 Å². The van der Waals surface area contributed by atoms with Gasteiger partial charge in [-0.15, -0.1) is 0 Å². The maximum atomic E-state index is 3.59. The van der Waals surface area contributed by atoms with Gasteiger partial charge in [-0.2, -0.15) is 0 Å². The first-order valence-electron chi connectivity index (χ1n) is 6.37. The first-order chi connectivity index (χ1) is 7.83. The molecule has 3 rings (SSSR count). The van der Waals surface area contributed by atoms with Crippen LogP contribution < -0.4 is 5.32 Å². The number of piperidine rings is 1. The second-order valence-electron chi connectivity index (χ2n) is 5.21. The molecule has 0 amide bonds. The van der Waals surface area contributed by atoms with Crippen LogP contribution >= 0.6 is 0 Å². The van der Waals surface area contributed by atoms with Crippen molar-refractivity contribution in [1.29, 1.82) is 0 Å². The van der Waals surface area contributed by atoms with Gasteiger partial charge in [0.15, 0.2) is 0 Å². The highest BCUT2D eigenvalue weighted by atomic mass is 15.2. The number of benzene rings is 1. The summed E-state index contributed by atoms with van der Waals surface area (Å²) in [6, 6.07) is 10.3. The molecule has 0 saturated carbocycles. The van der Waals surface area contributed by atoms with Crippen molar-refractivity contribution in [1.82, 2.24) is 10.2 Å². The second kappa shape index (κ2) is 4.19. The molecule has 2 unspecified atom stereocenters. The van der Waals surface area contributed by atoms with Crippen LogP contribution in [-0.4, -0.2) is 23.5 Å². The van der Waals surface area contributed by atoms with Crippen molar-refractivity contribution in [2.75, 3.05) is 6.54 Å². The maximum Gasteiger partial charge on any atom is 0.0244 e. The lowest BCUT2D eigenvalue weighted by atomic mass is 10.0. The topological polar surface area (TPSA) is 15.3 Å². The Morgan fingerprint density at radius 1 is 1.12 bits per heavy atom. The van der Waals surface area contributed by atoms with Crippen molar-refractivity contribution in [3.63, 3.8) is 0 Å². The van der Waals surface area contributed by atoms with E-state index in [0.717, 1.165) is 25.7 Å². The van der Waals surface area contributed by atoms with Crippen LogP contribution in [0.15, 0.2) is 24.3 Å². The Morgan fingerprint density at radius 2 is 1.81 bits per heavy atom. The fourth-order valence-corrected chi connectivity index (χ4v) is 2.91. The molecule has 0 aliphatic carbocycles. The summed E-state index contributed by atoms with van der Waals surface area (Å²) in [6.45, 7) is 5.75. The predicted octanol–water partition coefficient (Wildman–Crippen LogP) is 2.14. The van der Waals surface area contributed by atoms with Gasteiger partial charge in [0.25, 0.3) is 0 Å². The maximum absolute atomic E-state index is 3.59. The Hall–Kier alpha value is -0.860. The molecule has 1 aromatic carbocycles. The van der Waals surface area contributed by atoms with E-state index in [-0.39, 0.29) is 0 Å². The third kappa shape index (κ3) is 1.87. The van der Waals surface area contributed by atoms with E-state index in [1.807, 2.05) is 0 Å². The molecule has 2 heterocycles. The van der Waals surface area contributed by atoms with E-state index in [1.165, 1.54) is 24.0 Å². The van der Waals surface area contributed by atoms with Crippen molar-refractivity contribution in [3.05, 3.63) is 35.4 Å².